The van der Waals surface area contributed by atoms with Gasteiger partial charge in [-0.2, -0.15) is 8.42 Å². The number of rotatable bonds is 13. The van der Waals surface area contributed by atoms with Gasteiger partial charge in [0.1, 0.15) is 17.9 Å². The Morgan fingerprint density at radius 1 is 0.794 bits per heavy atom. The van der Waals surface area contributed by atoms with Crippen LogP contribution in [0, 0.1) is 0 Å². The van der Waals surface area contributed by atoms with E-state index in [0.29, 0.717) is 6.07 Å². The first kappa shape index (κ1) is 28.2. The molecule has 0 fully saturated rings. The minimum atomic E-state index is -4.73. The van der Waals surface area contributed by atoms with E-state index >= 15 is 0 Å². The molecule has 0 spiro atoms. The van der Waals surface area contributed by atoms with Crippen molar-refractivity contribution in [2.45, 2.75) is 4.90 Å². The van der Waals surface area contributed by atoms with Crippen molar-refractivity contribution in [3.8, 4) is 5.75 Å². The van der Waals surface area contributed by atoms with Gasteiger partial charge in [-0.15, -0.1) is 0 Å². The van der Waals surface area contributed by atoms with Crippen LogP contribution in [0.3, 0.4) is 0 Å². The highest BCUT2D eigenvalue weighted by atomic mass is 32.2. The molecule has 188 valence electrons. The largest absolute Gasteiger partial charge is 0.507 e. The number of carboxylic acids is 3. The molecule has 0 radical (unpaired) electrons. The molecule has 0 saturated carbocycles. The van der Waals surface area contributed by atoms with Crippen molar-refractivity contribution in [3.05, 3.63) is 23.8 Å². The maximum Gasteiger partial charge on any atom is 0.390 e. The number of hydrogen-bond donors (Lipinski definition) is 5. The molecule has 5 N–H and O–H groups in total. The molecule has 0 bridgehead atoms. The quantitative estimate of drug-likeness (QED) is 0.111. The molecule has 0 aliphatic heterocycles. The van der Waals surface area contributed by atoms with E-state index in [0.717, 1.165) is 21.9 Å². The number of phenolic OH excluding ortho intramolecular Hbond substituents is 1. The van der Waals surface area contributed by atoms with E-state index in [2.05, 4.69) is 9.78 Å². The zero-order valence-electron chi connectivity index (χ0n) is 17.2. The summed E-state index contributed by atoms with van der Waals surface area (Å²) in [4.78, 5) is 66.2. The predicted octanol–water partition coefficient (Wildman–Crippen LogP) is -1.89. The fourth-order valence-electron chi connectivity index (χ4n) is 2.46. The van der Waals surface area contributed by atoms with Crippen molar-refractivity contribution in [1.82, 2.24) is 9.80 Å². The molecule has 0 heterocycles. The molecule has 1 rings (SSSR count). The van der Waals surface area contributed by atoms with E-state index in [4.69, 9.17) is 19.9 Å². The minimum absolute atomic E-state index is 0.255. The SMILES string of the molecule is O=C(O)CN(CCN(CC(=O)O)CC(=O)OOC(=O)c1cc(S(=O)(=O)O)ccc1O)CC(=O)O. The Kier molecular flexibility index (Phi) is 10.3. The molecule has 0 saturated heterocycles. The Labute approximate surface area is 191 Å². The molecule has 16 nitrogen and oxygen atoms in total. The fourth-order valence-corrected chi connectivity index (χ4v) is 2.97. The van der Waals surface area contributed by atoms with Crippen LogP contribution in [0.4, 0.5) is 0 Å². The van der Waals surface area contributed by atoms with Crippen LogP contribution in [-0.2, 0) is 39.1 Å². The number of carboxylic acid groups (broad SMARTS) is 3. The standard InChI is InChI=1S/C17H20N2O14S/c20-12-2-1-10(34(29,30)31)5-11(12)17(28)33-32-16(27)9-19(8-15(25)26)4-3-18(6-13(21)22)7-14(23)24/h1-2,5,20H,3-4,6-9H2,(H,21,22)(H,23,24)(H,25,26)(H,29,30,31). The summed E-state index contributed by atoms with van der Waals surface area (Å²) < 4.78 is 31.3. The summed E-state index contributed by atoms with van der Waals surface area (Å²) in [5, 5.41) is 36.3. The lowest BCUT2D eigenvalue weighted by Gasteiger charge is -2.23. The predicted molar refractivity (Wildman–Crippen MR) is 105 cm³/mol. The summed E-state index contributed by atoms with van der Waals surface area (Å²) in [5.74, 6) is -7.65. The van der Waals surface area contributed by atoms with Gasteiger partial charge in [0.25, 0.3) is 10.1 Å². The van der Waals surface area contributed by atoms with Crippen LogP contribution in [0.5, 0.6) is 5.75 Å². The van der Waals surface area contributed by atoms with Gasteiger partial charge in [-0.1, -0.05) is 0 Å². The van der Waals surface area contributed by atoms with E-state index in [1.165, 1.54) is 0 Å². The Bertz CT molecular complexity index is 1040. The van der Waals surface area contributed by atoms with E-state index in [9.17, 15) is 37.5 Å². The summed E-state index contributed by atoms with van der Waals surface area (Å²) >= 11 is 0. The second-order valence-corrected chi connectivity index (χ2v) is 8.00. The van der Waals surface area contributed by atoms with Crippen molar-refractivity contribution in [2.75, 3.05) is 39.3 Å². The molecule has 0 aliphatic carbocycles. The third kappa shape index (κ3) is 10.2. The monoisotopic (exact) mass is 508 g/mol. The highest BCUT2D eigenvalue weighted by Crippen LogP contribution is 2.22. The molecule has 1 aromatic rings. The molecular formula is C17H20N2O14S. The molecule has 34 heavy (non-hydrogen) atoms. The number of aliphatic carboxylic acids is 3. The first-order chi connectivity index (χ1) is 15.7. The van der Waals surface area contributed by atoms with Crippen LogP contribution >= 0.6 is 0 Å². The van der Waals surface area contributed by atoms with Gasteiger partial charge in [-0.3, -0.25) is 28.7 Å². The lowest BCUT2D eigenvalue weighted by molar-refractivity contribution is -0.234. The van der Waals surface area contributed by atoms with Crippen LogP contribution in [-0.4, -0.2) is 112 Å². The van der Waals surface area contributed by atoms with Crippen molar-refractivity contribution in [1.29, 1.82) is 0 Å². The average Bonchev–Trinajstić information content (AvgIpc) is 2.68. The Balaban J connectivity index is 2.78. The molecule has 0 unspecified atom stereocenters. The third-order valence-corrected chi connectivity index (χ3v) is 4.71. The average molecular weight is 508 g/mol. The lowest BCUT2D eigenvalue weighted by atomic mass is 10.2. The number of aromatic hydroxyl groups is 1. The number of benzene rings is 1. The summed E-state index contributed by atoms with van der Waals surface area (Å²) in [6.45, 7) is -3.40. The summed E-state index contributed by atoms with van der Waals surface area (Å²) in [7, 11) is -4.73. The maximum atomic E-state index is 12.0. The first-order valence-electron chi connectivity index (χ1n) is 9.01. The summed E-state index contributed by atoms with van der Waals surface area (Å²) in [6, 6.07) is 2.10. The van der Waals surface area contributed by atoms with Gasteiger partial charge < -0.3 is 20.4 Å². The minimum Gasteiger partial charge on any atom is -0.507 e. The van der Waals surface area contributed by atoms with Gasteiger partial charge in [0, 0.05) is 13.1 Å². The zero-order valence-corrected chi connectivity index (χ0v) is 18.0. The van der Waals surface area contributed by atoms with Crippen LogP contribution < -0.4 is 0 Å². The molecule has 0 aromatic heterocycles. The van der Waals surface area contributed by atoms with Gasteiger partial charge in [0.05, 0.1) is 24.5 Å². The van der Waals surface area contributed by atoms with E-state index in [-0.39, 0.29) is 13.1 Å². The highest BCUT2D eigenvalue weighted by molar-refractivity contribution is 7.85. The normalized spacial score (nSPS) is 11.3. The van der Waals surface area contributed by atoms with Gasteiger partial charge >= 0.3 is 29.8 Å². The summed E-state index contributed by atoms with van der Waals surface area (Å²) in [6.07, 6.45) is 0. The van der Waals surface area contributed by atoms with Crippen molar-refractivity contribution in [2.24, 2.45) is 0 Å². The van der Waals surface area contributed by atoms with Crippen molar-refractivity contribution >= 4 is 40.0 Å². The molecule has 0 atom stereocenters. The lowest BCUT2D eigenvalue weighted by Crippen LogP contribution is -2.43. The van der Waals surface area contributed by atoms with Crippen LogP contribution in [0.15, 0.2) is 23.1 Å². The maximum absolute atomic E-state index is 12.0. The highest BCUT2D eigenvalue weighted by Gasteiger charge is 2.23. The van der Waals surface area contributed by atoms with Gasteiger partial charge in [0.2, 0.25) is 0 Å². The van der Waals surface area contributed by atoms with Gasteiger partial charge in [0.15, 0.2) is 0 Å². The molecule has 1 aromatic carbocycles. The molecule has 0 amide bonds. The molecule has 17 heteroatoms. The van der Waals surface area contributed by atoms with Crippen molar-refractivity contribution < 1.29 is 67.1 Å². The second-order valence-electron chi connectivity index (χ2n) is 6.58. The smallest absolute Gasteiger partial charge is 0.390 e. The third-order valence-electron chi connectivity index (χ3n) is 3.86. The van der Waals surface area contributed by atoms with E-state index < -0.39 is 82.4 Å². The first-order valence-corrected chi connectivity index (χ1v) is 10.4. The van der Waals surface area contributed by atoms with Crippen LogP contribution in [0.25, 0.3) is 0 Å². The van der Waals surface area contributed by atoms with E-state index in [1.54, 1.807) is 0 Å². The Morgan fingerprint density at radius 2 is 1.26 bits per heavy atom. The van der Waals surface area contributed by atoms with Crippen molar-refractivity contribution in [3.63, 3.8) is 0 Å². The van der Waals surface area contributed by atoms with Crippen LogP contribution in [0.1, 0.15) is 10.4 Å². The number of carbonyl (C=O) groups is 5. The number of phenols is 1. The van der Waals surface area contributed by atoms with Gasteiger partial charge in [-0.25, -0.2) is 19.4 Å². The van der Waals surface area contributed by atoms with Gasteiger partial charge in [-0.05, 0) is 18.2 Å². The molecule has 0 aliphatic rings. The van der Waals surface area contributed by atoms with E-state index in [1.807, 2.05) is 0 Å². The van der Waals surface area contributed by atoms with Crippen LogP contribution in [0.2, 0.25) is 0 Å². The molecular weight excluding hydrogens is 488 g/mol. The topological polar surface area (TPSA) is 246 Å². The number of hydrogen-bond acceptors (Lipinski definition) is 12. The Morgan fingerprint density at radius 3 is 1.71 bits per heavy atom. The number of carbonyl (C=O) groups excluding carboxylic acids is 2. The second kappa shape index (κ2) is 12.4. The Hall–Kier alpha value is -3.80. The fraction of sp³-hybridized carbons (Fsp3) is 0.353. The zero-order chi connectivity index (χ0) is 26.1. The number of nitrogens with zero attached hydrogens (tertiary/aromatic N) is 2. The summed E-state index contributed by atoms with van der Waals surface area (Å²) in [5.41, 5.74) is -0.775.